The third-order valence-electron chi connectivity index (χ3n) is 5.33. The summed E-state index contributed by atoms with van der Waals surface area (Å²) in [4.78, 5) is 35.7. The summed E-state index contributed by atoms with van der Waals surface area (Å²) in [7, 11) is 0. The Morgan fingerprint density at radius 1 is 1.03 bits per heavy atom. The SMILES string of the molecule is CSCC[C@H](NC(=O)OCC1c2ccccc2-c2ccccc21)C(=O)NCCSCC(=O)O. The third-order valence-corrected chi connectivity index (χ3v) is 6.92. The van der Waals surface area contributed by atoms with E-state index in [-0.39, 0.29) is 24.2 Å². The second-order valence-electron chi connectivity index (χ2n) is 7.54. The molecule has 0 radical (unpaired) electrons. The van der Waals surface area contributed by atoms with Crippen molar-refractivity contribution in [2.75, 3.05) is 36.7 Å². The van der Waals surface area contributed by atoms with Gasteiger partial charge in [0.1, 0.15) is 12.6 Å². The molecule has 0 saturated heterocycles. The van der Waals surface area contributed by atoms with Gasteiger partial charge < -0.3 is 20.5 Å². The molecule has 0 aliphatic heterocycles. The normalized spacial score (nSPS) is 13.0. The Morgan fingerprint density at radius 2 is 1.67 bits per heavy atom. The topological polar surface area (TPSA) is 105 Å². The molecule has 2 aromatic rings. The number of carbonyl (C=O) groups excluding carboxylic acids is 2. The Labute approximate surface area is 202 Å². The van der Waals surface area contributed by atoms with Crippen LogP contribution in [0.3, 0.4) is 0 Å². The van der Waals surface area contributed by atoms with Crippen LogP contribution in [-0.4, -0.2) is 65.8 Å². The Hall–Kier alpha value is -2.65. The van der Waals surface area contributed by atoms with Crippen LogP contribution >= 0.6 is 23.5 Å². The zero-order chi connectivity index (χ0) is 23.6. The van der Waals surface area contributed by atoms with Gasteiger partial charge in [-0.25, -0.2) is 4.79 Å². The van der Waals surface area contributed by atoms with Crippen LogP contribution in [-0.2, 0) is 14.3 Å². The molecular weight excluding hydrogens is 460 g/mol. The number of carbonyl (C=O) groups is 3. The van der Waals surface area contributed by atoms with Gasteiger partial charge in [0.25, 0.3) is 0 Å². The number of carboxylic acid groups (broad SMARTS) is 1. The van der Waals surface area contributed by atoms with Crippen LogP contribution in [0.15, 0.2) is 48.5 Å². The fourth-order valence-electron chi connectivity index (χ4n) is 3.82. The first-order valence-corrected chi connectivity index (χ1v) is 13.2. The van der Waals surface area contributed by atoms with E-state index in [4.69, 9.17) is 9.84 Å². The van der Waals surface area contributed by atoms with E-state index >= 15 is 0 Å². The molecule has 7 nitrogen and oxygen atoms in total. The molecule has 0 aromatic heterocycles. The second-order valence-corrected chi connectivity index (χ2v) is 9.63. The number of amides is 2. The van der Waals surface area contributed by atoms with E-state index in [1.54, 1.807) is 11.8 Å². The van der Waals surface area contributed by atoms with Crippen LogP contribution in [0.2, 0.25) is 0 Å². The Morgan fingerprint density at radius 3 is 2.27 bits per heavy atom. The van der Waals surface area contributed by atoms with Crippen molar-refractivity contribution < 1.29 is 24.2 Å². The molecule has 3 N–H and O–H groups in total. The maximum Gasteiger partial charge on any atom is 0.407 e. The molecule has 1 aliphatic rings. The van der Waals surface area contributed by atoms with E-state index in [9.17, 15) is 14.4 Å². The first-order chi connectivity index (χ1) is 16.0. The molecule has 176 valence electrons. The number of carboxylic acids is 1. The van der Waals surface area contributed by atoms with Crippen LogP contribution in [0.4, 0.5) is 4.79 Å². The molecule has 1 aliphatic carbocycles. The smallest absolute Gasteiger partial charge is 0.407 e. The van der Waals surface area contributed by atoms with Crippen molar-refractivity contribution in [3.8, 4) is 11.1 Å². The van der Waals surface area contributed by atoms with Crippen LogP contribution < -0.4 is 10.6 Å². The van der Waals surface area contributed by atoms with Crippen molar-refractivity contribution in [3.63, 3.8) is 0 Å². The molecule has 2 aromatic carbocycles. The van der Waals surface area contributed by atoms with E-state index in [0.29, 0.717) is 24.5 Å². The van der Waals surface area contributed by atoms with Gasteiger partial charge >= 0.3 is 12.1 Å². The van der Waals surface area contributed by atoms with E-state index in [0.717, 1.165) is 22.3 Å². The van der Waals surface area contributed by atoms with Gasteiger partial charge in [0.2, 0.25) is 5.91 Å². The number of hydrogen-bond donors (Lipinski definition) is 3. The summed E-state index contributed by atoms with van der Waals surface area (Å²) < 4.78 is 5.56. The van der Waals surface area contributed by atoms with E-state index in [2.05, 4.69) is 34.9 Å². The zero-order valence-electron chi connectivity index (χ0n) is 18.4. The highest BCUT2D eigenvalue weighted by Gasteiger charge is 2.29. The minimum atomic E-state index is -0.888. The summed E-state index contributed by atoms with van der Waals surface area (Å²) in [6.45, 7) is 0.515. The summed E-state index contributed by atoms with van der Waals surface area (Å²) in [5, 5.41) is 14.1. The Kier molecular flexibility index (Phi) is 9.50. The van der Waals surface area contributed by atoms with Gasteiger partial charge in [-0.3, -0.25) is 9.59 Å². The van der Waals surface area contributed by atoms with Crippen LogP contribution in [0.5, 0.6) is 0 Å². The predicted octanol–water partition coefficient (Wildman–Crippen LogP) is 3.58. The summed E-state index contributed by atoms with van der Waals surface area (Å²) in [6, 6.07) is 15.5. The molecule has 1 atom stereocenters. The molecule has 0 fully saturated rings. The molecule has 0 unspecified atom stereocenters. The predicted molar refractivity (Wildman–Crippen MR) is 133 cm³/mol. The molecule has 33 heavy (non-hydrogen) atoms. The highest BCUT2D eigenvalue weighted by molar-refractivity contribution is 7.99. The van der Waals surface area contributed by atoms with Gasteiger partial charge in [-0.15, -0.1) is 11.8 Å². The molecule has 2 amide bonds. The Balaban J connectivity index is 1.55. The first-order valence-electron chi connectivity index (χ1n) is 10.7. The summed E-state index contributed by atoms with van der Waals surface area (Å²) >= 11 is 2.81. The number of ether oxygens (including phenoxy) is 1. The summed E-state index contributed by atoms with van der Waals surface area (Å²) in [5.74, 6) is -0.0557. The zero-order valence-corrected chi connectivity index (χ0v) is 20.0. The number of aliphatic carboxylic acids is 1. The first kappa shape index (κ1) is 25.0. The molecular formula is C24H28N2O5S2. The maximum absolute atomic E-state index is 12.6. The standard InChI is InChI=1S/C24H28N2O5S2/c1-32-12-10-21(23(29)25-11-13-33-15-22(27)28)26-24(30)31-14-20-18-8-4-2-6-16(18)17-7-3-5-9-19(17)20/h2-9,20-21H,10-15H2,1H3,(H,25,29)(H,26,30)(H,27,28)/t21-/m0/s1. The highest BCUT2D eigenvalue weighted by atomic mass is 32.2. The van der Waals surface area contributed by atoms with Gasteiger partial charge in [0.05, 0.1) is 5.75 Å². The number of thioether (sulfide) groups is 2. The molecule has 3 rings (SSSR count). The quantitative estimate of drug-likeness (QED) is 0.392. The van der Waals surface area contributed by atoms with E-state index < -0.39 is 18.1 Å². The minimum absolute atomic E-state index is 0.0101. The van der Waals surface area contributed by atoms with E-state index in [1.807, 2.05) is 30.5 Å². The average molecular weight is 489 g/mol. The monoisotopic (exact) mass is 488 g/mol. The van der Waals surface area contributed by atoms with Gasteiger partial charge in [-0.2, -0.15) is 11.8 Å². The number of rotatable bonds is 12. The fraction of sp³-hybridized carbons (Fsp3) is 0.375. The van der Waals surface area contributed by atoms with Crippen LogP contribution in [0.1, 0.15) is 23.5 Å². The lowest BCUT2D eigenvalue weighted by molar-refractivity contribution is -0.133. The lowest BCUT2D eigenvalue weighted by Gasteiger charge is -2.19. The summed E-state index contributed by atoms with van der Waals surface area (Å²) in [5.41, 5.74) is 4.56. The number of alkyl carbamates (subject to hydrolysis) is 1. The third kappa shape index (κ3) is 6.91. The number of benzene rings is 2. The van der Waals surface area contributed by atoms with Crippen LogP contribution in [0, 0.1) is 0 Å². The van der Waals surface area contributed by atoms with Crippen molar-refractivity contribution in [1.29, 1.82) is 0 Å². The molecule has 9 heteroatoms. The van der Waals surface area contributed by atoms with Crippen molar-refractivity contribution in [2.24, 2.45) is 0 Å². The highest BCUT2D eigenvalue weighted by Crippen LogP contribution is 2.44. The van der Waals surface area contributed by atoms with Crippen LogP contribution in [0.25, 0.3) is 11.1 Å². The van der Waals surface area contributed by atoms with Crippen molar-refractivity contribution in [3.05, 3.63) is 59.7 Å². The number of hydrogen-bond acceptors (Lipinski definition) is 6. The Bertz CT molecular complexity index is 939. The van der Waals surface area contributed by atoms with Crippen molar-refractivity contribution >= 4 is 41.5 Å². The van der Waals surface area contributed by atoms with Gasteiger partial charge in [0, 0.05) is 18.2 Å². The van der Waals surface area contributed by atoms with Gasteiger partial charge in [-0.05, 0) is 40.7 Å². The summed E-state index contributed by atoms with van der Waals surface area (Å²) in [6.07, 6.45) is 1.78. The number of nitrogens with one attached hydrogen (secondary N) is 2. The largest absolute Gasteiger partial charge is 0.481 e. The minimum Gasteiger partial charge on any atom is -0.481 e. The lowest BCUT2D eigenvalue weighted by Crippen LogP contribution is -2.47. The lowest BCUT2D eigenvalue weighted by atomic mass is 9.98. The van der Waals surface area contributed by atoms with Gasteiger partial charge in [0.15, 0.2) is 0 Å². The number of fused-ring (bicyclic) bond motifs is 3. The van der Waals surface area contributed by atoms with Gasteiger partial charge in [-0.1, -0.05) is 48.5 Å². The molecule has 0 spiro atoms. The molecule has 0 heterocycles. The van der Waals surface area contributed by atoms with E-state index in [1.165, 1.54) is 11.8 Å². The van der Waals surface area contributed by atoms with Crippen molar-refractivity contribution in [2.45, 2.75) is 18.4 Å². The molecule has 0 saturated carbocycles. The molecule has 0 bridgehead atoms. The second kappa shape index (κ2) is 12.6. The average Bonchev–Trinajstić information content (AvgIpc) is 3.13. The van der Waals surface area contributed by atoms with Crippen molar-refractivity contribution in [1.82, 2.24) is 10.6 Å². The maximum atomic E-state index is 12.6. The fourth-order valence-corrected chi connectivity index (χ4v) is 4.85.